The van der Waals surface area contributed by atoms with Crippen molar-refractivity contribution in [1.82, 2.24) is 4.98 Å². The van der Waals surface area contributed by atoms with Crippen LogP contribution in [0.2, 0.25) is 5.02 Å². The van der Waals surface area contributed by atoms with Crippen LogP contribution < -0.4 is 4.90 Å². The third-order valence-corrected chi connectivity index (χ3v) is 3.63. The number of amides is 1. The second-order valence-electron chi connectivity index (χ2n) is 5.31. The molecule has 6 heteroatoms. The van der Waals surface area contributed by atoms with E-state index in [4.69, 9.17) is 16.9 Å². The Morgan fingerprint density at radius 1 is 1.35 bits per heavy atom. The molecule has 0 aliphatic rings. The molecule has 0 aliphatic carbocycles. The van der Waals surface area contributed by atoms with Gasteiger partial charge in [0.15, 0.2) is 0 Å². The lowest BCUT2D eigenvalue weighted by Gasteiger charge is -2.27. The molecule has 118 valence electrons. The summed E-state index contributed by atoms with van der Waals surface area (Å²) in [6, 6.07) is 8.74. The van der Waals surface area contributed by atoms with Crippen LogP contribution in [0.15, 0.2) is 30.3 Å². The molecule has 1 aromatic heterocycles. The molecule has 1 amide bonds. The number of halogens is 2. The Hall–Kier alpha value is -2.45. The summed E-state index contributed by atoms with van der Waals surface area (Å²) < 4.78 is 13.2. The van der Waals surface area contributed by atoms with Gasteiger partial charge >= 0.3 is 0 Å². The molecule has 0 unspecified atom stereocenters. The molecule has 0 saturated heterocycles. The molecule has 0 atom stereocenters. The van der Waals surface area contributed by atoms with Crippen molar-refractivity contribution in [3.8, 4) is 6.07 Å². The third-order valence-electron chi connectivity index (χ3n) is 3.33. The van der Waals surface area contributed by atoms with E-state index in [1.807, 2.05) is 19.9 Å². The monoisotopic (exact) mass is 331 g/mol. The molecule has 23 heavy (non-hydrogen) atoms. The lowest BCUT2D eigenvalue weighted by Crippen LogP contribution is -2.37. The highest BCUT2D eigenvalue weighted by Gasteiger charge is 2.24. The van der Waals surface area contributed by atoms with E-state index in [0.717, 1.165) is 6.07 Å². The van der Waals surface area contributed by atoms with Crippen LogP contribution >= 0.6 is 11.6 Å². The number of aromatic nitrogens is 1. The highest BCUT2D eigenvalue weighted by molar-refractivity contribution is 6.34. The Labute approximate surface area is 139 Å². The Bertz CT molecular complexity index is 799. The first-order valence-corrected chi connectivity index (χ1v) is 7.39. The van der Waals surface area contributed by atoms with Crippen LogP contribution in [0.4, 0.5) is 10.1 Å². The Balaban J connectivity index is 2.48. The van der Waals surface area contributed by atoms with Gasteiger partial charge in [-0.2, -0.15) is 5.26 Å². The first-order valence-electron chi connectivity index (χ1n) is 7.01. The largest absolute Gasteiger partial charge is 0.303 e. The number of pyridine rings is 1. The van der Waals surface area contributed by atoms with Crippen molar-refractivity contribution < 1.29 is 9.18 Å². The van der Waals surface area contributed by atoms with Crippen LogP contribution in [0.3, 0.4) is 0 Å². The van der Waals surface area contributed by atoms with E-state index in [9.17, 15) is 9.18 Å². The van der Waals surface area contributed by atoms with Crippen LogP contribution in [0, 0.1) is 24.1 Å². The molecule has 0 radical (unpaired) electrons. The average molecular weight is 332 g/mol. The number of benzene rings is 1. The van der Waals surface area contributed by atoms with Gasteiger partial charge in [-0.25, -0.2) is 9.37 Å². The van der Waals surface area contributed by atoms with Gasteiger partial charge < -0.3 is 4.90 Å². The van der Waals surface area contributed by atoms with E-state index < -0.39 is 5.82 Å². The van der Waals surface area contributed by atoms with Crippen LogP contribution in [-0.2, 0) is 0 Å². The van der Waals surface area contributed by atoms with Gasteiger partial charge in [0.05, 0.1) is 22.0 Å². The van der Waals surface area contributed by atoms with E-state index in [0.29, 0.717) is 16.9 Å². The molecule has 0 fully saturated rings. The highest BCUT2D eigenvalue weighted by atomic mass is 35.5. The van der Waals surface area contributed by atoms with Gasteiger partial charge in [-0.1, -0.05) is 11.6 Å². The zero-order valence-corrected chi connectivity index (χ0v) is 13.7. The number of aryl methyl sites for hydroxylation is 1. The quantitative estimate of drug-likeness (QED) is 0.850. The number of rotatable bonds is 3. The first kappa shape index (κ1) is 16.9. The Kier molecular flexibility index (Phi) is 4.97. The number of carbonyl (C=O) groups excluding carboxylic acids is 1. The molecule has 1 heterocycles. The SMILES string of the molecule is Cc1nc(C(=O)N(c2ccc(F)cc2Cl)C(C)C)ccc1C#N. The van der Waals surface area contributed by atoms with Gasteiger partial charge in [-0.05, 0) is 51.1 Å². The minimum absolute atomic E-state index is 0.150. The summed E-state index contributed by atoms with van der Waals surface area (Å²) in [5, 5.41) is 9.10. The molecule has 1 aromatic carbocycles. The van der Waals surface area contributed by atoms with E-state index >= 15 is 0 Å². The average Bonchev–Trinajstić information content (AvgIpc) is 2.49. The summed E-state index contributed by atoms with van der Waals surface area (Å²) >= 11 is 6.08. The van der Waals surface area contributed by atoms with Crippen molar-refractivity contribution in [2.45, 2.75) is 26.8 Å². The number of hydrogen-bond acceptors (Lipinski definition) is 3. The zero-order valence-electron chi connectivity index (χ0n) is 13.0. The summed E-state index contributed by atoms with van der Waals surface area (Å²) in [7, 11) is 0. The maximum absolute atomic E-state index is 13.2. The molecule has 0 spiro atoms. The zero-order chi connectivity index (χ0) is 17.1. The highest BCUT2D eigenvalue weighted by Crippen LogP contribution is 2.29. The third kappa shape index (κ3) is 3.49. The first-order chi connectivity index (χ1) is 10.8. The van der Waals surface area contributed by atoms with Crippen molar-refractivity contribution in [1.29, 1.82) is 5.26 Å². The Morgan fingerprint density at radius 3 is 2.57 bits per heavy atom. The number of carbonyl (C=O) groups is 1. The maximum atomic E-state index is 13.2. The van der Waals surface area contributed by atoms with Gasteiger partial charge in [0.1, 0.15) is 17.6 Å². The number of nitriles is 1. The summed E-state index contributed by atoms with van der Waals surface area (Å²) in [6.07, 6.45) is 0. The molecular weight excluding hydrogens is 317 g/mol. The molecule has 2 rings (SSSR count). The van der Waals surface area contributed by atoms with Crippen molar-refractivity contribution in [3.05, 3.63) is 58.1 Å². The van der Waals surface area contributed by atoms with Crippen molar-refractivity contribution >= 4 is 23.2 Å². The minimum atomic E-state index is -0.470. The van der Waals surface area contributed by atoms with E-state index in [-0.39, 0.29) is 22.7 Å². The fourth-order valence-electron chi connectivity index (χ4n) is 2.22. The number of hydrogen-bond donors (Lipinski definition) is 0. The molecule has 0 saturated carbocycles. The van der Waals surface area contributed by atoms with Crippen molar-refractivity contribution in [2.75, 3.05) is 4.90 Å². The fourth-order valence-corrected chi connectivity index (χ4v) is 2.48. The molecule has 4 nitrogen and oxygen atoms in total. The maximum Gasteiger partial charge on any atom is 0.277 e. The minimum Gasteiger partial charge on any atom is -0.303 e. The fraction of sp³-hybridized carbons (Fsp3) is 0.235. The van der Waals surface area contributed by atoms with Crippen LogP contribution in [0.1, 0.15) is 35.6 Å². The molecule has 0 bridgehead atoms. The van der Waals surface area contributed by atoms with Gasteiger partial charge in [0.25, 0.3) is 5.91 Å². The van der Waals surface area contributed by atoms with Crippen LogP contribution in [0.5, 0.6) is 0 Å². The normalized spacial score (nSPS) is 10.5. The summed E-state index contributed by atoms with van der Waals surface area (Å²) in [5.41, 5.74) is 1.51. The summed E-state index contributed by atoms with van der Waals surface area (Å²) in [6.45, 7) is 5.32. The summed E-state index contributed by atoms with van der Waals surface area (Å²) in [5.74, 6) is -0.830. The van der Waals surface area contributed by atoms with Crippen LogP contribution in [-0.4, -0.2) is 16.9 Å². The van der Waals surface area contributed by atoms with Crippen LogP contribution in [0.25, 0.3) is 0 Å². The van der Waals surface area contributed by atoms with Gasteiger partial charge in [0, 0.05) is 6.04 Å². The Morgan fingerprint density at radius 2 is 2.04 bits per heavy atom. The van der Waals surface area contributed by atoms with Crippen molar-refractivity contribution in [2.24, 2.45) is 0 Å². The smallest absolute Gasteiger partial charge is 0.277 e. The van der Waals surface area contributed by atoms with E-state index in [1.165, 1.54) is 23.1 Å². The molecule has 0 aliphatic heterocycles. The second kappa shape index (κ2) is 6.76. The van der Waals surface area contributed by atoms with E-state index in [2.05, 4.69) is 4.98 Å². The summed E-state index contributed by atoms with van der Waals surface area (Å²) in [4.78, 5) is 18.4. The van der Waals surface area contributed by atoms with Crippen molar-refractivity contribution in [3.63, 3.8) is 0 Å². The standard InChI is InChI=1S/C17H15ClFN3O/c1-10(2)22(16-7-5-13(19)8-14(16)18)17(23)15-6-4-12(9-20)11(3)21-15/h4-8,10H,1-3H3. The predicted octanol–water partition coefficient (Wildman–Crippen LogP) is 4.11. The van der Waals surface area contributed by atoms with Gasteiger partial charge in [-0.15, -0.1) is 0 Å². The molecule has 0 N–H and O–H groups in total. The lowest BCUT2D eigenvalue weighted by molar-refractivity contribution is 0.0975. The van der Waals surface area contributed by atoms with Gasteiger partial charge in [0.2, 0.25) is 0 Å². The van der Waals surface area contributed by atoms with Gasteiger partial charge in [-0.3, -0.25) is 4.79 Å². The van der Waals surface area contributed by atoms with E-state index in [1.54, 1.807) is 13.0 Å². The predicted molar refractivity (Wildman–Crippen MR) is 87.0 cm³/mol. The second-order valence-corrected chi connectivity index (χ2v) is 5.71. The lowest BCUT2D eigenvalue weighted by atomic mass is 10.1. The molecule has 2 aromatic rings. The number of anilines is 1. The topological polar surface area (TPSA) is 57.0 Å². The number of nitrogens with zero attached hydrogens (tertiary/aromatic N) is 3. The molecular formula is C17H15ClFN3O.